The summed E-state index contributed by atoms with van der Waals surface area (Å²) in [5.74, 6) is -0.572. The molecule has 1 aliphatic heterocycles. The van der Waals surface area contributed by atoms with Gasteiger partial charge in [0.2, 0.25) is 0 Å². The van der Waals surface area contributed by atoms with Gasteiger partial charge in [-0.1, -0.05) is 23.2 Å². The average molecular weight is 292 g/mol. The lowest BCUT2D eigenvalue weighted by Crippen LogP contribution is -2.36. The molecule has 0 spiro atoms. The van der Waals surface area contributed by atoms with E-state index in [1.165, 1.54) is 0 Å². The van der Waals surface area contributed by atoms with Gasteiger partial charge in [0.15, 0.2) is 5.82 Å². The monoisotopic (exact) mass is 291 g/mol. The second kappa shape index (κ2) is 5.64. The smallest absolute Gasteiger partial charge is 0.160 e. The Balaban J connectivity index is 2.09. The van der Waals surface area contributed by atoms with E-state index in [1.807, 2.05) is 0 Å². The fourth-order valence-electron chi connectivity index (χ4n) is 2.40. The van der Waals surface area contributed by atoms with Crippen LogP contribution >= 0.6 is 23.2 Å². The SMILES string of the molecule is CC1CC(Nc2cc(Cl)c(F)c(Cl)c2)CC(C)O1. The lowest BCUT2D eigenvalue weighted by atomic mass is 9.99. The first-order valence-electron chi connectivity index (χ1n) is 6.02. The summed E-state index contributed by atoms with van der Waals surface area (Å²) in [6.45, 7) is 4.10. The van der Waals surface area contributed by atoms with Crippen molar-refractivity contribution in [2.24, 2.45) is 0 Å². The molecule has 1 aliphatic rings. The van der Waals surface area contributed by atoms with Crippen molar-refractivity contribution >= 4 is 28.9 Å². The number of ether oxygens (including phenoxy) is 1. The summed E-state index contributed by atoms with van der Waals surface area (Å²) in [6.07, 6.45) is 2.27. The highest BCUT2D eigenvalue weighted by atomic mass is 35.5. The first-order chi connectivity index (χ1) is 8.45. The Labute approximate surface area is 116 Å². The van der Waals surface area contributed by atoms with Crippen LogP contribution in [0.4, 0.5) is 10.1 Å². The molecular weight excluding hydrogens is 276 g/mol. The van der Waals surface area contributed by atoms with Crippen LogP contribution in [0.5, 0.6) is 0 Å². The molecule has 1 aromatic rings. The Morgan fingerprint density at radius 3 is 2.17 bits per heavy atom. The Kier molecular flexibility index (Phi) is 4.36. The molecule has 1 N–H and O–H groups in total. The fraction of sp³-hybridized carbons (Fsp3) is 0.538. The van der Waals surface area contributed by atoms with Gasteiger partial charge in [-0.05, 0) is 38.8 Å². The van der Waals surface area contributed by atoms with Gasteiger partial charge in [-0.25, -0.2) is 4.39 Å². The van der Waals surface area contributed by atoms with Crippen molar-refractivity contribution in [2.45, 2.75) is 44.9 Å². The lowest BCUT2D eigenvalue weighted by Gasteiger charge is -2.33. The third kappa shape index (κ3) is 3.28. The van der Waals surface area contributed by atoms with E-state index in [1.54, 1.807) is 12.1 Å². The molecule has 1 fully saturated rings. The summed E-state index contributed by atoms with van der Waals surface area (Å²) >= 11 is 11.5. The maximum Gasteiger partial charge on any atom is 0.160 e. The van der Waals surface area contributed by atoms with E-state index in [4.69, 9.17) is 27.9 Å². The number of anilines is 1. The van der Waals surface area contributed by atoms with Crippen LogP contribution in [0.2, 0.25) is 10.0 Å². The number of nitrogens with one attached hydrogen (secondary N) is 1. The zero-order valence-electron chi connectivity index (χ0n) is 10.3. The van der Waals surface area contributed by atoms with Crippen LogP contribution < -0.4 is 5.32 Å². The quantitative estimate of drug-likeness (QED) is 0.810. The number of hydrogen-bond donors (Lipinski definition) is 1. The van der Waals surface area contributed by atoms with Crippen molar-refractivity contribution in [1.82, 2.24) is 0 Å². The molecule has 5 heteroatoms. The van der Waals surface area contributed by atoms with E-state index in [2.05, 4.69) is 19.2 Å². The van der Waals surface area contributed by atoms with E-state index in [-0.39, 0.29) is 22.3 Å². The number of hydrogen-bond acceptors (Lipinski definition) is 2. The predicted octanol–water partition coefficient (Wildman–Crippen LogP) is 4.50. The molecule has 0 aromatic heterocycles. The molecule has 1 heterocycles. The summed E-state index contributed by atoms with van der Waals surface area (Å²) in [5, 5.41) is 3.41. The van der Waals surface area contributed by atoms with E-state index in [9.17, 15) is 4.39 Å². The summed E-state index contributed by atoms with van der Waals surface area (Å²) in [6, 6.07) is 3.42. The van der Waals surface area contributed by atoms with Gasteiger partial charge in [0.1, 0.15) is 0 Å². The van der Waals surface area contributed by atoms with Crippen molar-refractivity contribution in [1.29, 1.82) is 0 Å². The van der Waals surface area contributed by atoms with Crippen LogP contribution in [0.15, 0.2) is 12.1 Å². The minimum Gasteiger partial charge on any atom is -0.382 e. The minimum absolute atomic E-state index is 0.0400. The topological polar surface area (TPSA) is 21.3 Å². The largest absolute Gasteiger partial charge is 0.382 e. The van der Waals surface area contributed by atoms with Crippen molar-refractivity contribution in [3.05, 3.63) is 28.0 Å². The van der Waals surface area contributed by atoms with Gasteiger partial charge in [-0.3, -0.25) is 0 Å². The van der Waals surface area contributed by atoms with Crippen molar-refractivity contribution in [2.75, 3.05) is 5.32 Å². The van der Waals surface area contributed by atoms with E-state index >= 15 is 0 Å². The van der Waals surface area contributed by atoms with Gasteiger partial charge in [-0.15, -0.1) is 0 Å². The second-order valence-corrected chi connectivity index (χ2v) is 5.64. The Bertz CT molecular complexity index is 408. The minimum atomic E-state index is -0.572. The van der Waals surface area contributed by atoms with Gasteiger partial charge >= 0.3 is 0 Å². The molecule has 2 nitrogen and oxygen atoms in total. The zero-order valence-corrected chi connectivity index (χ0v) is 11.9. The second-order valence-electron chi connectivity index (χ2n) is 4.82. The van der Waals surface area contributed by atoms with Gasteiger partial charge in [0.25, 0.3) is 0 Å². The summed E-state index contributed by atoms with van der Waals surface area (Å²) in [5.41, 5.74) is 0.748. The molecular formula is C13H16Cl2FNO. The first kappa shape index (κ1) is 13.9. The number of benzene rings is 1. The highest BCUT2D eigenvalue weighted by Crippen LogP contribution is 2.29. The zero-order chi connectivity index (χ0) is 13.3. The van der Waals surface area contributed by atoms with Crippen LogP contribution in [0.3, 0.4) is 0 Å². The molecule has 2 rings (SSSR count). The van der Waals surface area contributed by atoms with E-state index < -0.39 is 5.82 Å². The summed E-state index contributed by atoms with van der Waals surface area (Å²) in [7, 11) is 0. The standard InChI is InChI=1S/C13H16Cl2FNO/c1-7-3-9(4-8(2)18-7)17-10-5-11(14)13(16)12(15)6-10/h5-9,17H,3-4H2,1-2H3. The van der Waals surface area contributed by atoms with Crippen molar-refractivity contribution < 1.29 is 9.13 Å². The molecule has 1 aromatic carbocycles. The number of rotatable bonds is 2. The van der Waals surface area contributed by atoms with Crippen LogP contribution in [-0.4, -0.2) is 18.2 Å². The van der Waals surface area contributed by atoms with Crippen molar-refractivity contribution in [3.8, 4) is 0 Å². The van der Waals surface area contributed by atoms with Crippen molar-refractivity contribution in [3.63, 3.8) is 0 Å². The molecule has 2 unspecified atom stereocenters. The summed E-state index contributed by atoms with van der Waals surface area (Å²) in [4.78, 5) is 0. The van der Waals surface area contributed by atoms with Gasteiger partial charge in [-0.2, -0.15) is 0 Å². The molecule has 0 aliphatic carbocycles. The molecule has 0 saturated carbocycles. The third-order valence-electron chi connectivity index (χ3n) is 3.05. The van der Waals surface area contributed by atoms with Gasteiger partial charge in [0, 0.05) is 11.7 Å². The van der Waals surface area contributed by atoms with Crippen LogP contribution in [0.1, 0.15) is 26.7 Å². The molecule has 100 valence electrons. The molecule has 0 radical (unpaired) electrons. The Morgan fingerprint density at radius 2 is 1.67 bits per heavy atom. The molecule has 2 atom stereocenters. The molecule has 0 amide bonds. The van der Waals surface area contributed by atoms with Crippen LogP contribution in [0.25, 0.3) is 0 Å². The average Bonchev–Trinajstić information content (AvgIpc) is 2.24. The maximum atomic E-state index is 13.3. The molecule has 0 bridgehead atoms. The highest BCUT2D eigenvalue weighted by molar-refractivity contribution is 6.35. The fourth-order valence-corrected chi connectivity index (χ4v) is 2.88. The molecule has 18 heavy (non-hydrogen) atoms. The van der Waals surface area contributed by atoms with E-state index in [0.29, 0.717) is 6.04 Å². The number of halogens is 3. The van der Waals surface area contributed by atoms with Crippen LogP contribution in [-0.2, 0) is 4.74 Å². The van der Waals surface area contributed by atoms with E-state index in [0.717, 1.165) is 18.5 Å². The maximum absolute atomic E-state index is 13.3. The highest BCUT2D eigenvalue weighted by Gasteiger charge is 2.24. The Hall–Kier alpha value is -0.510. The Morgan fingerprint density at radius 1 is 1.17 bits per heavy atom. The van der Waals surface area contributed by atoms with Gasteiger partial charge in [0.05, 0.1) is 22.3 Å². The normalized spacial score (nSPS) is 28.2. The summed E-state index contributed by atoms with van der Waals surface area (Å²) < 4.78 is 19.0. The first-order valence-corrected chi connectivity index (χ1v) is 6.78. The van der Waals surface area contributed by atoms with Gasteiger partial charge < -0.3 is 10.1 Å². The molecule has 1 saturated heterocycles. The lowest BCUT2D eigenvalue weighted by molar-refractivity contribution is -0.0337. The van der Waals surface area contributed by atoms with Crippen LogP contribution in [0, 0.1) is 5.82 Å². The third-order valence-corrected chi connectivity index (χ3v) is 3.60. The predicted molar refractivity (Wildman–Crippen MR) is 73.1 cm³/mol.